The Balaban J connectivity index is 1.87. The Hall–Kier alpha value is -2.44. The first-order valence-electron chi connectivity index (χ1n) is 6.39. The SMILES string of the molecule is Nc1cc(C(=O)Nc2cc(F)c(F)c(F)c2)n(C2CC2)c1. The number of anilines is 2. The molecular weight excluding hydrogens is 283 g/mol. The number of rotatable bonds is 3. The van der Waals surface area contributed by atoms with Gasteiger partial charge in [0.1, 0.15) is 5.69 Å². The number of hydrogen-bond donors (Lipinski definition) is 2. The number of aromatic nitrogens is 1. The Bertz CT molecular complexity index is 699. The number of benzene rings is 1. The molecule has 1 aromatic heterocycles. The molecule has 0 unspecified atom stereocenters. The van der Waals surface area contributed by atoms with Crippen LogP contribution in [0.2, 0.25) is 0 Å². The molecule has 0 saturated heterocycles. The van der Waals surface area contributed by atoms with Crippen molar-refractivity contribution in [2.45, 2.75) is 18.9 Å². The lowest BCUT2D eigenvalue weighted by Crippen LogP contribution is -2.16. The van der Waals surface area contributed by atoms with Crippen LogP contribution >= 0.6 is 0 Å². The van der Waals surface area contributed by atoms with Crippen LogP contribution in [0, 0.1) is 17.5 Å². The lowest BCUT2D eigenvalue weighted by atomic mass is 10.2. The molecular formula is C14H12F3N3O. The van der Waals surface area contributed by atoms with Crippen LogP contribution in [-0.2, 0) is 0 Å². The summed E-state index contributed by atoms with van der Waals surface area (Å²) in [5.74, 6) is -4.84. The number of nitrogens with one attached hydrogen (secondary N) is 1. The average molecular weight is 295 g/mol. The first-order chi connectivity index (χ1) is 9.95. The summed E-state index contributed by atoms with van der Waals surface area (Å²) in [6, 6.07) is 3.17. The molecule has 1 aromatic carbocycles. The van der Waals surface area contributed by atoms with E-state index in [0.717, 1.165) is 25.0 Å². The van der Waals surface area contributed by atoms with Crippen LogP contribution in [0.4, 0.5) is 24.5 Å². The van der Waals surface area contributed by atoms with Gasteiger partial charge in [-0.25, -0.2) is 13.2 Å². The fourth-order valence-corrected chi connectivity index (χ4v) is 2.16. The second-order valence-corrected chi connectivity index (χ2v) is 5.01. The third-order valence-corrected chi connectivity index (χ3v) is 3.28. The van der Waals surface area contributed by atoms with Crippen LogP contribution in [0.5, 0.6) is 0 Å². The largest absolute Gasteiger partial charge is 0.397 e. The Morgan fingerprint density at radius 3 is 2.38 bits per heavy atom. The van der Waals surface area contributed by atoms with Crippen LogP contribution in [-0.4, -0.2) is 10.5 Å². The van der Waals surface area contributed by atoms with Gasteiger partial charge in [-0.05, 0) is 18.9 Å². The van der Waals surface area contributed by atoms with Crippen molar-refractivity contribution in [2.75, 3.05) is 11.1 Å². The Morgan fingerprint density at radius 1 is 1.19 bits per heavy atom. The summed E-state index contributed by atoms with van der Waals surface area (Å²) in [6.45, 7) is 0. The molecule has 1 saturated carbocycles. The highest BCUT2D eigenvalue weighted by molar-refractivity contribution is 6.03. The Kier molecular flexibility index (Phi) is 3.12. The minimum absolute atomic E-state index is 0.154. The lowest BCUT2D eigenvalue weighted by Gasteiger charge is -2.09. The van der Waals surface area contributed by atoms with E-state index in [1.54, 1.807) is 10.8 Å². The van der Waals surface area contributed by atoms with E-state index in [0.29, 0.717) is 11.4 Å². The molecule has 4 nitrogen and oxygen atoms in total. The third kappa shape index (κ3) is 2.58. The standard InChI is InChI=1S/C14H12F3N3O/c15-10-4-8(5-11(16)13(10)17)19-14(21)12-3-7(18)6-20(12)9-1-2-9/h3-6,9H,1-2,18H2,(H,19,21). The molecule has 1 amide bonds. The normalized spacial score (nSPS) is 14.2. The second kappa shape index (κ2) is 4.83. The molecule has 2 aromatic rings. The van der Waals surface area contributed by atoms with Crippen molar-refractivity contribution in [3.63, 3.8) is 0 Å². The summed E-state index contributed by atoms with van der Waals surface area (Å²) >= 11 is 0. The summed E-state index contributed by atoms with van der Waals surface area (Å²) in [7, 11) is 0. The maximum Gasteiger partial charge on any atom is 0.272 e. The number of amides is 1. The summed E-state index contributed by atoms with van der Waals surface area (Å²) in [6.07, 6.45) is 3.56. The van der Waals surface area contributed by atoms with Crippen LogP contribution in [0.3, 0.4) is 0 Å². The Labute approximate surface area is 118 Å². The van der Waals surface area contributed by atoms with Crippen molar-refractivity contribution in [1.29, 1.82) is 0 Å². The molecule has 110 valence electrons. The predicted octanol–water partition coefficient (Wildman–Crippen LogP) is 3.07. The minimum atomic E-state index is -1.57. The molecule has 1 fully saturated rings. The molecule has 0 radical (unpaired) electrons. The predicted molar refractivity (Wildman–Crippen MR) is 71.4 cm³/mol. The number of halogens is 3. The number of carbonyl (C=O) groups is 1. The van der Waals surface area contributed by atoms with E-state index in [1.807, 2.05) is 0 Å². The highest BCUT2D eigenvalue weighted by Gasteiger charge is 2.28. The van der Waals surface area contributed by atoms with Gasteiger partial charge in [0.05, 0.1) is 5.69 Å². The van der Waals surface area contributed by atoms with E-state index < -0.39 is 23.4 Å². The summed E-state index contributed by atoms with van der Waals surface area (Å²) in [5, 5.41) is 2.34. The second-order valence-electron chi connectivity index (χ2n) is 5.01. The van der Waals surface area contributed by atoms with E-state index in [2.05, 4.69) is 5.32 Å². The highest BCUT2D eigenvalue weighted by Crippen LogP contribution is 2.37. The number of nitrogen functional groups attached to an aromatic ring is 1. The third-order valence-electron chi connectivity index (χ3n) is 3.28. The molecule has 0 spiro atoms. The number of nitrogens with two attached hydrogens (primary N) is 1. The average Bonchev–Trinajstić information content (AvgIpc) is 3.18. The van der Waals surface area contributed by atoms with E-state index in [1.165, 1.54) is 6.07 Å². The molecule has 3 rings (SSSR count). The van der Waals surface area contributed by atoms with Gasteiger partial charge < -0.3 is 15.6 Å². The van der Waals surface area contributed by atoms with Gasteiger partial charge in [0, 0.05) is 30.1 Å². The molecule has 1 heterocycles. The van der Waals surface area contributed by atoms with Gasteiger partial charge in [0.15, 0.2) is 17.5 Å². The highest BCUT2D eigenvalue weighted by atomic mass is 19.2. The zero-order chi connectivity index (χ0) is 15.1. The molecule has 7 heteroatoms. The summed E-state index contributed by atoms with van der Waals surface area (Å²) < 4.78 is 40.9. The van der Waals surface area contributed by atoms with Crippen molar-refractivity contribution in [2.24, 2.45) is 0 Å². The number of nitrogens with zero attached hydrogens (tertiary/aromatic N) is 1. The van der Waals surface area contributed by atoms with Gasteiger partial charge >= 0.3 is 0 Å². The minimum Gasteiger partial charge on any atom is -0.397 e. The zero-order valence-corrected chi connectivity index (χ0v) is 10.9. The summed E-state index contributed by atoms with van der Waals surface area (Å²) in [5.41, 5.74) is 6.26. The molecule has 0 atom stereocenters. The fraction of sp³-hybridized carbons (Fsp3) is 0.214. The van der Waals surface area contributed by atoms with Crippen LogP contribution < -0.4 is 11.1 Å². The lowest BCUT2D eigenvalue weighted by molar-refractivity contribution is 0.101. The first kappa shape index (κ1) is 13.5. The van der Waals surface area contributed by atoms with Crippen molar-refractivity contribution in [3.8, 4) is 0 Å². The van der Waals surface area contributed by atoms with Crippen LogP contribution in [0.15, 0.2) is 24.4 Å². The van der Waals surface area contributed by atoms with Crippen LogP contribution in [0.25, 0.3) is 0 Å². The fourth-order valence-electron chi connectivity index (χ4n) is 2.16. The van der Waals surface area contributed by atoms with Gasteiger partial charge in [-0.1, -0.05) is 0 Å². The van der Waals surface area contributed by atoms with Gasteiger partial charge in [-0.2, -0.15) is 0 Å². The molecule has 21 heavy (non-hydrogen) atoms. The molecule has 1 aliphatic carbocycles. The smallest absolute Gasteiger partial charge is 0.272 e. The van der Waals surface area contributed by atoms with E-state index in [-0.39, 0.29) is 11.7 Å². The van der Waals surface area contributed by atoms with Gasteiger partial charge in [-0.15, -0.1) is 0 Å². The van der Waals surface area contributed by atoms with Crippen molar-refractivity contribution in [3.05, 3.63) is 47.5 Å². The monoisotopic (exact) mass is 295 g/mol. The van der Waals surface area contributed by atoms with E-state index in [9.17, 15) is 18.0 Å². The first-order valence-corrected chi connectivity index (χ1v) is 6.39. The van der Waals surface area contributed by atoms with Crippen molar-refractivity contribution in [1.82, 2.24) is 4.57 Å². The summed E-state index contributed by atoms with van der Waals surface area (Å²) in [4.78, 5) is 12.2. The van der Waals surface area contributed by atoms with E-state index >= 15 is 0 Å². The topological polar surface area (TPSA) is 60.1 Å². The number of hydrogen-bond acceptors (Lipinski definition) is 2. The maximum atomic E-state index is 13.1. The van der Waals surface area contributed by atoms with E-state index in [4.69, 9.17) is 5.73 Å². The molecule has 3 N–H and O–H groups in total. The quantitative estimate of drug-likeness (QED) is 0.855. The Morgan fingerprint density at radius 2 is 1.81 bits per heavy atom. The van der Waals surface area contributed by atoms with Crippen LogP contribution in [0.1, 0.15) is 29.4 Å². The molecule has 1 aliphatic rings. The van der Waals surface area contributed by atoms with Crippen molar-refractivity contribution >= 4 is 17.3 Å². The van der Waals surface area contributed by atoms with Gasteiger partial charge in [0.2, 0.25) is 0 Å². The zero-order valence-electron chi connectivity index (χ0n) is 10.9. The molecule has 0 bridgehead atoms. The number of carbonyl (C=O) groups excluding carboxylic acids is 1. The van der Waals surface area contributed by atoms with Crippen molar-refractivity contribution < 1.29 is 18.0 Å². The van der Waals surface area contributed by atoms with Gasteiger partial charge in [0.25, 0.3) is 5.91 Å². The maximum absolute atomic E-state index is 13.1. The molecule has 0 aliphatic heterocycles. The van der Waals surface area contributed by atoms with Gasteiger partial charge in [-0.3, -0.25) is 4.79 Å².